The summed E-state index contributed by atoms with van der Waals surface area (Å²) in [6.07, 6.45) is 6.06. The molecule has 5 atom stereocenters. The molecule has 1 amide bonds. The van der Waals surface area contributed by atoms with Crippen LogP contribution in [0.15, 0.2) is 0 Å². The smallest absolute Gasteiger partial charge is 0.326 e. The lowest BCUT2D eigenvalue weighted by atomic mass is 9.75. The first-order valence-electron chi connectivity index (χ1n) is 8.35. The Morgan fingerprint density at radius 2 is 1.86 bits per heavy atom. The normalized spacial score (nSPS) is 39.9. The van der Waals surface area contributed by atoms with Crippen LogP contribution in [0.1, 0.15) is 45.4 Å². The van der Waals surface area contributed by atoms with Gasteiger partial charge in [-0.25, -0.2) is 4.79 Å². The van der Waals surface area contributed by atoms with Gasteiger partial charge in [0.1, 0.15) is 6.04 Å². The van der Waals surface area contributed by atoms with Crippen molar-refractivity contribution in [3.05, 3.63) is 0 Å². The van der Waals surface area contributed by atoms with Gasteiger partial charge in [-0.3, -0.25) is 4.79 Å². The largest absolute Gasteiger partial charge is 0.480 e. The number of aliphatic carboxylic acids is 1. The minimum atomic E-state index is -0.828. The number of hydrogen-bond acceptors (Lipinski definition) is 3. The van der Waals surface area contributed by atoms with Gasteiger partial charge in [-0.05, 0) is 44.1 Å². The lowest BCUT2D eigenvalue weighted by Gasteiger charge is -2.48. The highest BCUT2D eigenvalue weighted by atomic mass is 16.4. The molecular weight excluding hydrogens is 268 g/mol. The number of likely N-dealkylation sites (tertiary alicyclic amines) is 1. The second-order valence-corrected chi connectivity index (χ2v) is 7.03. The first-order chi connectivity index (χ1) is 10.1. The summed E-state index contributed by atoms with van der Waals surface area (Å²) < 4.78 is 0. The molecule has 0 aromatic rings. The summed E-state index contributed by atoms with van der Waals surface area (Å²) in [5.41, 5.74) is 0. The standard InChI is InChI=1S/C16H26N2O3/c1-10-8-17-9-12(10)15(19)18-13-5-3-2-4-11(13)6-7-14(18)16(20)21/h10-14,17H,2-9H2,1H3,(H,20,21)/t10-,11?,12-,13?,14?/m1/s1. The van der Waals surface area contributed by atoms with E-state index in [4.69, 9.17) is 0 Å². The van der Waals surface area contributed by atoms with Crippen LogP contribution in [-0.2, 0) is 9.59 Å². The third-order valence-corrected chi connectivity index (χ3v) is 5.75. The van der Waals surface area contributed by atoms with Crippen LogP contribution in [0.5, 0.6) is 0 Å². The lowest BCUT2D eigenvalue weighted by Crippen LogP contribution is -2.59. The van der Waals surface area contributed by atoms with Crippen LogP contribution in [0.3, 0.4) is 0 Å². The van der Waals surface area contributed by atoms with Gasteiger partial charge in [0.15, 0.2) is 0 Å². The predicted octanol–water partition coefficient (Wildman–Crippen LogP) is 1.48. The summed E-state index contributed by atoms with van der Waals surface area (Å²) in [7, 11) is 0. The number of hydrogen-bond donors (Lipinski definition) is 2. The zero-order valence-electron chi connectivity index (χ0n) is 12.8. The van der Waals surface area contributed by atoms with Crippen molar-refractivity contribution in [1.29, 1.82) is 0 Å². The van der Waals surface area contributed by atoms with Gasteiger partial charge in [-0.1, -0.05) is 19.8 Å². The second kappa shape index (κ2) is 5.95. The molecule has 3 rings (SSSR count). The molecule has 1 saturated carbocycles. The van der Waals surface area contributed by atoms with Crippen LogP contribution in [0.4, 0.5) is 0 Å². The van der Waals surface area contributed by atoms with E-state index in [9.17, 15) is 14.7 Å². The molecule has 0 aromatic heterocycles. The summed E-state index contributed by atoms with van der Waals surface area (Å²) in [5, 5.41) is 12.8. The van der Waals surface area contributed by atoms with Crippen molar-refractivity contribution in [1.82, 2.24) is 10.2 Å². The first kappa shape index (κ1) is 14.8. The number of rotatable bonds is 2. The highest BCUT2D eigenvalue weighted by Gasteiger charge is 2.46. The molecule has 0 aromatic carbocycles. The third kappa shape index (κ3) is 2.68. The van der Waals surface area contributed by atoms with Crippen molar-refractivity contribution < 1.29 is 14.7 Å². The van der Waals surface area contributed by atoms with Crippen LogP contribution >= 0.6 is 0 Å². The average Bonchev–Trinajstić information content (AvgIpc) is 2.91. The maximum atomic E-state index is 13.0. The van der Waals surface area contributed by atoms with Gasteiger partial charge in [0.2, 0.25) is 5.91 Å². The number of carbonyl (C=O) groups is 2. The lowest BCUT2D eigenvalue weighted by molar-refractivity contribution is -0.160. The number of carboxylic acid groups (broad SMARTS) is 1. The van der Waals surface area contributed by atoms with Gasteiger partial charge in [0.05, 0.1) is 5.92 Å². The minimum absolute atomic E-state index is 0.0486. The van der Waals surface area contributed by atoms with Crippen LogP contribution in [0.25, 0.3) is 0 Å². The van der Waals surface area contributed by atoms with Crippen LogP contribution in [0, 0.1) is 17.8 Å². The Morgan fingerprint density at radius 3 is 2.52 bits per heavy atom. The number of fused-ring (bicyclic) bond motifs is 1. The molecule has 5 nitrogen and oxygen atoms in total. The first-order valence-corrected chi connectivity index (χ1v) is 8.35. The number of piperidine rings is 1. The quantitative estimate of drug-likeness (QED) is 0.809. The van der Waals surface area contributed by atoms with E-state index < -0.39 is 12.0 Å². The van der Waals surface area contributed by atoms with Crippen LogP contribution < -0.4 is 5.32 Å². The van der Waals surface area contributed by atoms with Crippen molar-refractivity contribution in [2.75, 3.05) is 13.1 Å². The number of carboxylic acids is 1. The molecule has 2 heterocycles. The Balaban J connectivity index is 1.85. The Labute approximate surface area is 126 Å². The topological polar surface area (TPSA) is 69.6 Å². The van der Waals surface area contributed by atoms with Crippen molar-refractivity contribution >= 4 is 11.9 Å². The van der Waals surface area contributed by atoms with Gasteiger partial charge in [0, 0.05) is 12.6 Å². The van der Waals surface area contributed by atoms with E-state index in [2.05, 4.69) is 12.2 Å². The molecular formula is C16H26N2O3. The predicted molar refractivity (Wildman–Crippen MR) is 78.8 cm³/mol. The summed E-state index contributed by atoms with van der Waals surface area (Å²) in [6, 6.07) is -0.446. The molecule has 2 saturated heterocycles. The summed E-state index contributed by atoms with van der Waals surface area (Å²) in [6.45, 7) is 3.64. The molecule has 5 heteroatoms. The van der Waals surface area contributed by atoms with E-state index in [1.54, 1.807) is 4.90 Å². The summed E-state index contributed by atoms with van der Waals surface area (Å²) in [4.78, 5) is 26.4. The van der Waals surface area contributed by atoms with Crippen molar-refractivity contribution in [3.8, 4) is 0 Å². The van der Waals surface area contributed by atoms with Crippen LogP contribution in [-0.4, -0.2) is 47.1 Å². The number of carbonyl (C=O) groups excluding carboxylic acids is 1. The molecule has 21 heavy (non-hydrogen) atoms. The van der Waals surface area contributed by atoms with E-state index in [0.717, 1.165) is 32.2 Å². The van der Waals surface area contributed by atoms with E-state index in [1.165, 1.54) is 6.42 Å². The van der Waals surface area contributed by atoms with E-state index in [0.29, 0.717) is 24.8 Å². The van der Waals surface area contributed by atoms with Gasteiger partial charge in [-0.15, -0.1) is 0 Å². The van der Waals surface area contributed by atoms with Gasteiger partial charge >= 0.3 is 5.97 Å². The van der Waals surface area contributed by atoms with Crippen molar-refractivity contribution in [2.24, 2.45) is 17.8 Å². The molecule has 0 radical (unpaired) electrons. The molecule has 0 spiro atoms. The Morgan fingerprint density at radius 1 is 1.10 bits per heavy atom. The van der Waals surface area contributed by atoms with Gasteiger partial charge in [0.25, 0.3) is 0 Å². The third-order valence-electron chi connectivity index (χ3n) is 5.75. The second-order valence-electron chi connectivity index (χ2n) is 7.03. The average molecular weight is 294 g/mol. The van der Waals surface area contributed by atoms with Gasteiger partial charge in [-0.2, -0.15) is 0 Å². The minimum Gasteiger partial charge on any atom is -0.480 e. The molecule has 0 bridgehead atoms. The Bertz CT molecular complexity index is 426. The zero-order valence-corrected chi connectivity index (χ0v) is 12.8. The highest BCUT2D eigenvalue weighted by Crippen LogP contribution is 2.39. The highest BCUT2D eigenvalue weighted by molar-refractivity contribution is 5.86. The van der Waals surface area contributed by atoms with E-state index in [1.807, 2.05) is 0 Å². The maximum absolute atomic E-state index is 13.0. The number of nitrogens with one attached hydrogen (secondary N) is 1. The SMILES string of the molecule is C[C@@H]1CNC[C@H]1C(=O)N1C(C(=O)O)CCC2CCCCC21. The zero-order chi connectivity index (χ0) is 15.0. The van der Waals surface area contributed by atoms with Gasteiger partial charge < -0.3 is 15.3 Å². The van der Waals surface area contributed by atoms with Crippen LogP contribution in [0.2, 0.25) is 0 Å². The number of nitrogens with zero attached hydrogens (tertiary/aromatic N) is 1. The molecule has 2 aliphatic heterocycles. The fourth-order valence-corrected chi connectivity index (χ4v) is 4.52. The molecule has 2 N–H and O–H groups in total. The fourth-order valence-electron chi connectivity index (χ4n) is 4.52. The molecule has 3 fully saturated rings. The molecule has 3 aliphatic rings. The monoisotopic (exact) mass is 294 g/mol. The summed E-state index contributed by atoms with van der Waals surface area (Å²) in [5.74, 6) is 0.0221. The number of amides is 1. The molecule has 118 valence electrons. The summed E-state index contributed by atoms with van der Waals surface area (Å²) >= 11 is 0. The Hall–Kier alpha value is -1.10. The molecule has 1 aliphatic carbocycles. The van der Waals surface area contributed by atoms with E-state index in [-0.39, 0.29) is 17.9 Å². The molecule has 3 unspecified atom stereocenters. The maximum Gasteiger partial charge on any atom is 0.326 e. The Kier molecular flexibility index (Phi) is 4.20. The van der Waals surface area contributed by atoms with Crippen molar-refractivity contribution in [3.63, 3.8) is 0 Å². The van der Waals surface area contributed by atoms with Crippen molar-refractivity contribution in [2.45, 2.75) is 57.5 Å². The van der Waals surface area contributed by atoms with E-state index >= 15 is 0 Å². The fraction of sp³-hybridized carbons (Fsp3) is 0.875.